The number of carbonyl (C=O) groups is 1. The number of para-hydroxylation sites is 3. The second-order valence-electron chi connectivity index (χ2n) is 4.56. The maximum Gasteiger partial charge on any atom is 0.292 e. The molecular formula is C15H11N3O3S2. The summed E-state index contributed by atoms with van der Waals surface area (Å²) in [6, 6.07) is 13.8. The third kappa shape index (κ3) is 3.66. The minimum atomic E-state index is -0.518. The maximum absolute atomic E-state index is 12.0. The molecule has 0 spiro atoms. The summed E-state index contributed by atoms with van der Waals surface area (Å²) in [5.74, 6) is -0.158. The average Bonchev–Trinajstić information content (AvgIpc) is 2.96. The molecule has 3 rings (SSSR count). The fraction of sp³-hybridized carbons (Fsp3) is 0.0667. The van der Waals surface area contributed by atoms with Crippen LogP contribution in [0.25, 0.3) is 10.2 Å². The zero-order chi connectivity index (χ0) is 16.2. The van der Waals surface area contributed by atoms with E-state index < -0.39 is 4.92 Å². The Kier molecular flexibility index (Phi) is 4.54. The summed E-state index contributed by atoms with van der Waals surface area (Å²) < 4.78 is 1.86. The smallest absolute Gasteiger partial charge is 0.292 e. The van der Waals surface area contributed by atoms with Crippen molar-refractivity contribution in [2.45, 2.75) is 4.34 Å². The van der Waals surface area contributed by atoms with Crippen molar-refractivity contribution in [3.63, 3.8) is 0 Å². The van der Waals surface area contributed by atoms with Crippen LogP contribution in [0.4, 0.5) is 11.4 Å². The van der Waals surface area contributed by atoms with Crippen molar-refractivity contribution in [1.29, 1.82) is 0 Å². The largest absolute Gasteiger partial charge is 0.320 e. The van der Waals surface area contributed by atoms with Gasteiger partial charge in [-0.3, -0.25) is 14.9 Å². The van der Waals surface area contributed by atoms with Crippen molar-refractivity contribution in [2.75, 3.05) is 11.1 Å². The van der Waals surface area contributed by atoms with E-state index in [4.69, 9.17) is 0 Å². The summed E-state index contributed by atoms with van der Waals surface area (Å²) in [7, 11) is 0. The standard InChI is InChI=1S/C15H11N3O3S2/c19-14(16-10-5-1-3-7-12(10)18(20)21)9-22-15-17-11-6-2-4-8-13(11)23-15/h1-8H,9H2,(H,16,19). The van der Waals surface area contributed by atoms with Crippen LogP contribution in [-0.4, -0.2) is 21.6 Å². The molecule has 1 amide bonds. The summed E-state index contributed by atoms with van der Waals surface area (Å²) in [5, 5.41) is 13.5. The Hall–Kier alpha value is -2.45. The molecule has 0 fully saturated rings. The summed E-state index contributed by atoms with van der Waals surface area (Å²) in [5.41, 5.74) is 0.984. The van der Waals surface area contributed by atoms with Gasteiger partial charge in [0.25, 0.3) is 5.69 Å². The molecule has 0 atom stereocenters. The summed E-state index contributed by atoms with van der Waals surface area (Å²) >= 11 is 2.83. The third-order valence-corrected chi connectivity index (χ3v) is 5.16. The van der Waals surface area contributed by atoms with Crippen LogP contribution in [0, 0.1) is 10.1 Å². The van der Waals surface area contributed by atoms with Gasteiger partial charge in [0.2, 0.25) is 5.91 Å². The summed E-state index contributed by atoms with van der Waals surface area (Å²) in [4.78, 5) is 26.8. The molecule has 8 heteroatoms. The molecule has 2 aromatic carbocycles. The Morgan fingerprint density at radius 1 is 1.22 bits per heavy atom. The van der Waals surface area contributed by atoms with Gasteiger partial charge in [-0.05, 0) is 18.2 Å². The molecule has 0 bridgehead atoms. The first kappa shape index (κ1) is 15.4. The number of anilines is 1. The van der Waals surface area contributed by atoms with Crippen molar-refractivity contribution in [3.8, 4) is 0 Å². The number of thioether (sulfide) groups is 1. The van der Waals surface area contributed by atoms with Gasteiger partial charge in [0.05, 0.1) is 20.9 Å². The number of fused-ring (bicyclic) bond motifs is 1. The number of hydrogen-bond acceptors (Lipinski definition) is 6. The van der Waals surface area contributed by atoms with Crippen LogP contribution in [0.2, 0.25) is 0 Å². The van der Waals surface area contributed by atoms with Crippen molar-refractivity contribution in [3.05, 3.63) is 58.6 Å². The topological polar surface area (TPSA) is 85.1 Å². The van der Waals surface area contributed by atoms with Gasteiger partial charge in [-0.25, -0.2) is 4.98 Å². The molecule has 6 nitrogen and oxygen atoms in total. The highest BCUT2D eigenvalue weighted by atomic mass is 32.2. The van der Waals surface area contributed by atoms with Gasteiger partial charge < -0.3 is 5.32 Å². The molecule has 116 valence electrons. The Bertz CT molecular complexity index is 846. The van der Waals surface area contributed by atoms with E-state index in [1.807, 2.05) is 24.3 Å². The molecule has 23 heavy (non-hydrogen) atoms. The van der Waals surface area contributed by atoms with Crippen molar-refractivity contribution < 1.29 is 9.72 Å². The lowest BCUT2D eigenvalue weighted by molar-refractivity contribution is -0.383. The second-order valence-corrected chi connectivity index (χ2v) is 6.81. The minimum Gasteiger partial charge on any atom is -0.320 e. The molecule has 0 aliphatic carbocycles. The van der Waals surface area contributed by atoms with E-state index in [1.54, 1.807) is 12.1 Å². The molecule has 1 heterocycles. The quantitative estimate of drug-likeness (QED) is 0.430. The maximum atomic E-state index is 12.0. The zero-order valence-electron chi connectivity index (χ0n) is 11.8. The molecule has 0 unspecified atom stereocenters. The van der Waals surface area contributed by atoms with E-state index in [9.17, 15) is 14.9 Å². The zero-order valence-corrected chi connectivity index (χ0v) is 13.4. The number of carbonyl (C=O) groups excluding carboxylic acids is 1. The summed E-state index contributed by atoms with van der Waals surface area (Å²) in [6.07, 6.45) is 0. The lowest BCUT2D eigenvalue weighted by Gasteiger charge is -2.04. The van der Waals surface area contributed by atoms with Crippen molar-refractivity contribution in [1.82, 2.24) is 4.98 Å². The number of nitrogens with one attached hydrogen (secondary N) is 1. The Labute approximate surface area is 139 Å². The van der Waals surface area contributed by atoms with E-state index >= 15 is 0 Å². The van der Waals surface area contributed by atoms with Gasteiger partial charge in [-0.1, -0.05) is 36.0 Å². The molecule has 1 N–H and O–H groups in total. The van der Waals surface area contributed by atoms with Crippen LogP contribution >= 0.6 is 23.1 Å². The van der Waals surface area contributed by atoms with Gasteiger partial charge >= 0.3 is 0 Å². The molecule has 0 saturated heterocycles. The monoisotopic (exact) mass is 345 g/mol. The van der Waals surface area contributed by atoms with Gasteiger partial charge in [0.15, 0.2) is 4.34 Å². The molecule has 1 aromatic heterocycles. The molecular weight excluding hydrogens is 334 g/mol. The lowest BCUT2D eigenvalue weighted by atomic mass is 10.2. The molecule has 0 saturated carbocycles. The molecule has 0 aliphatic rings. The second kappa shape index (κ2) is 6.76. The van der Waals surface area contributed by atoms with Crippen molar-refractivity contribution >= 4 is 50.6 Å². The number of nitro benzene ring substituents is 1. The van der Waals surface area contributed by atoms with Crippen LogP contribution in [0.1, 0.15) is 0 Å². The normalized spacial score (nSPS) is 10.6. The summed E-state index contributed by atoms with van der Waals surface area (Å²) in [6.45, 7) is 0. The number of nitro groups is 1. The lowest BCUT2D eigenvalue weighted by Crippen LogP contribution is -2.15. The average molecular weight is 345 g/mol. The molecule has 0 radical (unpaired) electrons. The Balaban J connectivity index is 1.65. The highest BCUT2D eigenvalue weighted by Crippen LogP contribution is 2.29. The first-order valence-corrected chi connectivity index (χ1v) is 8.45. The van der Waals surface area contributed by atoms with Crippen LogP contribution < -0.4 is 5.32 Å². The highest BCUT2D eigenvalue weighted by Gasteiger charge is 2.15. The minimum absolute atomic E-state index is 0.120. The van der Waals surface area contributed by atoms with Crippen LogP contribution in [0.15, 0.2) is 52.9 Å². The van der Waals surface area contributed by atoms with E-state index in [0.29, 0.717) is 0 Å². The van der Waals surface area contributed by atoms with Gasteiger partial charge in [-0.2, -0.15) is 0 Å². The van der Waals surface area contributed by atoms with E-state index in [2.05, 4.69) is 10.3 Å². The number of rotatable bonds is 5. The van der Waals surface area contributed by atoms with Crippen molar-refractivity contribution in [2.24, 2.45) is 0 Å². The van der Waals surface area contributed by atoms with Gasteiger partial charge in [0, 0.05) is 6.07 Å². The number of amides is 1. The van der Waals surface area contributed by atoms with E-state index in [1.165, 1.54) is 35.2 Å². The number of benzene rings is 2. The number of aromatic nitrogens is 1. The number of hydrogen-bond donors (Lipinski definition) is 1. The van der Waals surface area contributed by atoms with Crippen LogP contribution in [-0.2, 0) is 4.79 Å². The Morgan fingerprint density at radius 3 is 2.74 bits per heavy atom. The number of nitrogens with zero attached hydrogens (tertiary/aromatic N) is 2. The van der Waals surface area contributed by atoms with E-state index in [0.717, 1.165) is 14.6 Å². The van der Waals surface area contributed by atoms with E-state index in [-0.39, 0.29) is 23.0 Å². The molecule has 3 aromatic rings. The fourth-order valence-electron chi connectivity index (χ4n) is 1.96. The fourth-order valence-corrected chi connectivity index (χ4v) is 3.83. The third-order valence-electron chi connectivity index (χ3n) is 2.98. The predicted molar refractivity (Wildman–Crippen MR) is 92.1 cm³/mol. The SMILES string of the molecule is O=C(CSc1nc2ccccc2s1)Nc1ccccc1[N+](=O)[O-]. The predicted octanol–water partition coefficient (Wildman–Crippen LogP) is 3.94. The number of thiazole rings is 1. The first-order valence-electron chi connectivity index (χ1n) is 6.65. The highest BCUT2D eigenvalue weighted by molar-refractivity contribution is 8.01. The van der Waals surface area contributed by atoms with Gasteiger partial charge in [-0.15, -0.1) is 11.3 Å². The van der Waals surface area contributed by atoms with Crippen LogP contribution in [0.3, 0.4) is 0 Å². The van der Waals surface area contributed by atoms with Crippen LogP contribution in [0.5, 0.6) is 0 Å². The molecule has 0 aliphatic heterocycles. The first-order chi connectivity index (χ1) is 11.1. The van der Waals surface area contributed by atoms with Gasteiger partial charge in [0.1, 0.15) is 5.69 Å². The Morgan fingerprint density at radius 2 is 1.96 bits per heavy atom.